The zero-order chi connectivity index (χ0) is 29.9. The van der Waals surface area contributed by atoms with Crippen molar-refractivity contribution in [2.24, 2.45) is 0 Å². The fraction of sp³-hybridized carbons (Fsp3) is 0.0952. The predicted octanol–water partition coefficient (Wildman–Crippen LogP) is 12.4. The molecule has 44 heavy (non-hydrogen) atoms. The highest BCUT2D eigenvalue weighted by molar-refractivity contribution is 5.91. The van der Waals surface area contributed by atoms with Crippen LogP contribution in [-0.4, -0.2) is 0 Å². The van der Waals surface area contributed by atoms with E-state index in [-0.39, 0.29) is 0 Å². The Morgan fingerprint density at radius 3 is 1.20 bits per heavy atom. The van der Waals surface area contributed by atoms with Crippen molar-refractivity contribution in [1.29, 1.82) is 0 Å². The van der Waals surface area contributed by atoms with E-state index in [1.54, 1.807) is 0 Å². The zero-order valence-corrected chi connectivity index (χ0v) is 25.3. The molecule has 7 aromatic carbocycles. The number of benzene rings is 7. The molecule has 1 atom stereocenters. The highest BCUT2D eigenvalue weighted by Gasteiger charge is 2.17. The third-order valence-electron chi connectivity index (χ3n) is 8.70. The molecule has 7 rings (SSSR count). The standard InChI is InChI=1S/C42H36N2/c1-3-31(2)32-17-21-38(22-18-32)44(42-24-20-34-12-8-10-14-36(34)30-42)40-27-25-39(26-28-40)43(37-15-5-4-6-16-37)41-23-19-33-11-7-9-13-35(33)29-41/h4-31H,3H2,1-2H3. The molecule has 0 radical (unpaired) electrons. The molecule has 214 valence electrons. The van der Waals surface area contributed by atoms with E-state index in [4.69, 9.17) is 0 Å². The Balaban J connectivity index is 1.32. The molecule has 0 aliphatic rings. The summed E-state index contributed by atoms with van der Waals surface area (Å²) in [6.07, 6.45) is 1.13. The van der Waals surface area contributed by atoms with E-state index < -0.39 is 0 Å². The normalized spacial score (nSPS) is 11.9. The van der Waals surface area contributed by atoms with Crippen LogP contribution in [0.4, 0.5) is 34.1 Å². The van der Waals surface area contributed by atoms with Crippen molar-refractivity contribution >= 4 is 55.7 Å². The van der Waals surface area contributed by atoms with Crippen molar-refractivity contribution in [2.45, 2.75) is 26.2 Å². The summed E-state index contributed by atoms with van der Waals surface area (Å²) in [4.78, 5) is 4.69. The number of rotatable bonds is 8. The Kier molecular flexibility index (Phi) is 7.56. The minimum atomic E-state index is 0.538. The van der Waals surface area contributed by atoms with Gasteiger partial charge in [0.25, 0.3) is 0 Å². The quantitative estimate of drug-likeness (QED) is 0.180. The van der Waals surface area contributed by atoms with Gasteiger partial charge in [-0.1, -0.05) is 105 Å². The summed E-state index contributed by atoms with van der Waals surface area (Å²) < 4.78 is 0. The second kappa shape index (κ2) is 12.1. The molecule has 0 bridgehead atoms. The van der Waals surface area contributed by atoms with Crippen molar-refractivity contribution in [3.8, 4) is 0 Å². The number of hydrogen-bond donors (Lipinski definition) is 0. The van der Waals surface area contributed by atoms with E-state index >= 15 is 0 Å². The third-order valence-corrected chi connectivity index (χ3v) is 8.70. The van der Waals surface area contributed by atoms with Crippen LogP contribution in [0.2, 0.25) is 0 Å². The number of fused-ring (bicyclic) bond motifs is 2. The van der Waals surface area contributed by atoms with E-state index in [2.05, 4.69) is 187 Å². The molecule has 0 spiro atoms. The second-order valence-electron chi connectivity index (χ2n) is 11.5. The average Bonchev–Trinajstić information content (AvgIpc) is 3.09. The molecule has 0 aliphatic carbocycles. The molecule has 1 unspecified atom stereocenters. The maximum Gasteiger partial charge on any atom is 0.0468 e. The zero-order valence-electron chi connectivity index (χ0n) is 25.3. The first-order chi connectivity index (χ1) is 21.7. The van der Waals surface area contributed by atoms with E-state index in [1.165, 1.54) is 27.1 Å². The van der Waals surface area contributed by atoms with Crippen LogP contribution in [0.25, 0.3) is 21.5 Å². The molecule has 0 aromatic heterocycles. The van der Waals surface area contributed by atoms with Gasteiger partial charge in [-0.15, -0.1) is 0 Å². The Morgan fingerprint density at radius 1 is 0.386 bits per heavy atom. The van der Waals surface area contributed by atoms with Gasteiger partial charge in [0.15, 0.2) is 0 Å². The number of anilines is 6. The number of nitrogens with zero attached hydrogens (tertiary/aromatic N) is 2. The van der Waals surface area contributed by atoms with Gasteiger partial charge in [0, 0.05) is 34.1 Å². The summed E-state index contributed by atoms with van der Waals surface area (Å²) >= 11 is 0. The Bertz CT molecular complexity index is 2010. The molecule has 0 aliphatic heterocycles. The summed E-state index contributed by atoms with van der Waals surface area (Å²) in [6.45, 7) is 4.54. The lowest BCUT2D eigenvalue weighted by atomic mass is 9.98. The molecule has 0 amide bonds. The van der Waals surface area contributed by atoms with Crippen LogP contribution < -0.4 is 9.80 Å². The molecule has 7 aromatic rings. The van der Waals surface area contributed by atoms with Crippen LogP contribution in [0.1, 0.15) is 31.7 Å². The van der Waals surface area contributed by atoms with Gasteiger partial charge in [0.2, 0.25) is 0 Å². The number of hydrogen-bond acceptors (Lipinski definition) is 2. The lowest BCUT2D eigenvalue weighted by Crippen LogP contribution is -2.12. The first-order valence-corrected chi connectivity index (χ1v) is 15.5. The van der Waals surface area contributed by atoms with Crippen molar-refractivity contribution in [3.05, 3.63) is 169 Å². The molecule has 0 heterocycles. The first-order valence-electron chi connectivity index (χ1n) is 15.5. The topological polar surface area (TPSA) is 6.48 Å². The van der Waals surface area contributed by atoms with Gasteiger partial charge >= 0.3 is 0 Å². The summed E-state index contributed by atoms with van der Waals surface area (Å²) in [7, 11) is 0. The van der Waals surface area contributed by atoms with Gasteiger partial charge in [-0.3, -0.25) is 0 Å². The Morgan fingerprint density at radius 2 is 0.750 bits per heavy atom. The predicted molar refractivity (Wildman–Crippen MR) is 190 cm³/mol. The fourth-order valence-electron chi connectivity index (χ4n) is 6.04. The van der Waals surface area contributed by atoms with E-state index in [0.29, 0.717) is 5.92 Å². The SMILES string of the molecule is CCC(C)c1ccc(N(c2ccc(N(c3ccccc3)c3ccc4ccccc4c3)cc2)c2ccc3ccccc3c2)cc1. The smallest absolute Gasteiger partial charge is 0.0468 e. The monoisotopic (exact) mass is 568 g/mol. The molecule has 0 saturated carbocycles. The van der Waals surface area contributed by atoms with Crippen LogP contribution in [0.3, 0.4) is 0 Å². The van der Waals surface area contributed by atoms with Crippen LogP contribution in [0, 0.1) is 0 Å². The minimum absolute atomic E-state index is 0.538. The van der Waals surface area contributed by atoms with Crippen LogP contribution in [0.5, 0.6) is 0 Å². The van der Waals surface area contributed by atoms with Crippen LogP contribution in [0.15, 0.2) is 164 Å². The molecular weight excluding hydrogens is 532 g/mol. The van der Waals surface area contributed by atoms with E-state index in [1.807, 2.05) is 0 Å². The van der Waals surface area contributed by atoms with E-state index in [9.17, 15) is 0 Å². The molecule has 0 N–H and O–H groups in total. The molecule has 0 saturated heterocycles. The van der Waals surface area contributed by atoms with Gasteiger partial charge in [-0.2, -0.15) is 0 Å². The maximum atomic E-state index is 2.36. The largest absolute Gasteiger partial charge is 0.310 e. The average molecular weight is 569 g/mol. The maximum absolute atomic E-state index is 2.36. The summed E-state index contributed by atoms with van der Waals surface area (Å²) in [5.74, 6) is 0.538. The lowest BCUT2D eigenvalue weighted by molar-refractivity contribution is 0.733. The highest BCUT2D eigenvalue weighted by Crippen LogP contribution is 2.40. The molecule has 0 fully saturated rings. The molecule has 2 nitrogen and oxygen atoms in total. The van der Waals surface area contributed by atoms with Crippen molar-refractivity contribution in [1.82, 2.24) is 0 Å². The molecule has 2 heteroatoms. The second-order valence-corrected chi connectivity index (χ2v) is 11.5. The van der Waals surface area contributed by atoms with Gasteiger partial charge in [0.1, 0.15) is 0 Å². The van der Waals surface area contributed by atoms with Crippen molar-refractivity contribution in [2.75, 3.05) is 9.80 Å². The van der Waals surface area contributed by atoms with Gasteiger partial charge in [-0.25, -0.2) is 0 Å². The lowest BCUT2D eigenvalue weighted by Gasteiger charge is -2.29. The van der Waals surface area contributed by atoms with Crippen LogP contribution >= 0.6 is 0 Å². The van der Waals surface area contributed by atoms with Crippen molar-refractivity contribution in [3.63, 3.8) is 0 Å². The molecular formula is C42H36N2. The van der Waals surface area contributed by atoms with Gasteiger partial charge in [0.05, 0.1) is 0 Å². The summed E-state index contributed by atoms with van der Waals surface area (Å²) in [5, 5.41) is 4.94. The van der Waals surface area contributed by atoms with E-state index in [0.717, 1.165) is 40.5 Å². The fourth-order valence-corrected chi connectivity index (χ4v) is 6.04. The Labute approximate surface area is 260 Å². The first kappa shape index (κ1) is 27.5. The number of para-hydroxylation sites is 1. The minimum Gasteiger partial charge on any atom is -0.310 e. The highest BCUT2D eigenvalue weighted by atomic mass is 15.2. The Hall–Kier alpha value is -5.34. The van der Waals surface area contributed by atoms with Crippen LogP contribution in [-0.2, 0) is 0 Å². The van der Waals surface area contributed by atoms with Gasteiger partial charge in [-0.05, 0) is 112 Å². The van der Waals surface area contributed by atoms with Gasteiger partial charge < -0.3 is 9.80 Å². The third kappa shape index (κ3) is 5.43. The van der Waals surface area contributed by atoms with Crippen molar-refractivity contribution < 1.29 is 0 Å². The summed E-state index contributed by atoms with van der Waals surface area (Å²) in [5.41, 5.74) is 8.15. The summed E-state index contributed by atoms with van der Waals surface area (Å²) in [6, 6.07) is 59.2.